The highest BCUT2D eigenvalue weighted by Crippen LogP contribution is 2.63. The molecule has 202 valence electrons. The molecule has 0 saturated carbocycles. The van der Waals surface area contributed by atoms with Crippen molar-refractivity contribution in [1.82, 2.24) is 5.43 Å². The molecular formula is C33H24BrN3O4. The number of anilines is 1. The van der Waals surface area contributed by atoms with E-state index in [1.54, 1.807) is 42.6 Å². The van der Waals surface area contributed by atoms with Crippen molar-refractivity contribution in [3.63, 3.8) is 0 Å². The Balaban J connectivity index is 1.39. The number of carbonyl (C=O) groups is 3. The number of carbonyl (C=O) groups excluding carboxylic acids is 3. The number of imide groups is 1. The second-order valence-electron chi connectivity index (χ2n) is 10.4. The summed E-state index contributed by atoms with van der Waals surface area (Å²) in [5.74, 6) is -2.15. The van der Waals surface area contributed by atoms with E-state index in [2.05, 4.69) is 26.5 Å². The van der Waals surface area contributed by atoms with Crippen molar-refractivity contribution in [2.24, 2.45) is 16.9 Å². The van der Waals surface area contributed by atoms with Gasteiger partial charge < -0.3 is 4.74 Å². The Kier molecular flexibility index (Phi) is 5.90. The smallest absolute Gasteiger partial charge is 0.275 e. The van der Waals surface area contributed by atoms with Crippen molar-refractivity contribution in [3.05, 3.63) is 129 Å². The van der Waals surface area contributed by atoms with E-state index < -0.39 is 23.2 Å². The van der Waals surface area contributed by atoms with Crippen LogP contribution in [0.1, 0.15) is 38.5 Å². The zero-order valence-electron chi connectivity index (χ0n) is 22.0. The van der Waals surface area contributed by atoms with Crippen LogP contribution in [0.5, 0.6) is 5.75 Å². The van der Waals surface area contributed by atoms with Crippen molar-refractivity contribution < 1.29 is 19.1 Å². The molecule has 8 rings (SSSR count). The Morgan fingerprint density at radius 2 is 1.49 bits per heavy atom. The molecule has 41 heavy (non-hydrogen) atoms. The van der Waals surface area contributed by atoms with Crippen molar-refractivity contribution >= 4 is 45.6 Å². The lowest BCUT2D eigenvalue weighted by atomic mass is 9.47. The molecule has 1 fully saturated rings. The molecule has 8 heteroatoms. The maximum Gasteiger partial charge on any atom is 0.275 e. The van der Waals surface area contributed by atoms with E-state index in [0.29, 0.717) is 17.0 Å². The standard InChI is InChI=1S/C33H24BrN3O4/c1-41-26-13-7-4-10-23(26)30(38)36-35-18-33-24-11-5-2-8-21(24)27(22-9-3-6-12-25(22)33)28-29(33)32(40)37(31(28)39)20-16-14-19(34)15-17-20/h2-18,27-29H,1H3,(H,36,38)/b35-18+/t27?,28-,29-,33?/m0/s1. The lowest BCUT2D eigenvalue weighted by Crippen LogP contribution is -2.54. The SMILES string of the molecule is COc1ccccc1C(=O)N/N=C/C12c3ccccc3C(c3ccccc31)[C@@H]1C(=O)N(c3ccc(Br)cc3)C(=O)[C@H]12. The summed E-state index contributed by atoms with van der Waals surface area (Å²) < 4.78 is 6.20. The zero-order valence-corrected chi connectivity index (χ0v) is 23.5. The molecule has 2 bridgehead atoms. The number of hydrazone groups is 1. The number of nitrogens with zero attached hydrogens (tertiary/aromatic N) is 2. The topological polar surface area (TPSA) is 88.1 Å². The van der Waals surface area contributed by atoms with Crippen molar-refractivity contribution in [2.75, 3.05) is 12.0 Å². The van der Waals surface area contributed by atoms with Gasteiger partial charge in [-0.05, 0) is 58.7 Å². The van der Waals surface area contributed by atoms with Gasteiger partial charge in [-0.2, -0.15) is 5.10 Å². The van der Waals surface area contributed by atoms with E-state index in [1.807, 2.05) is 60.7 Å². The summed E-state index contributed by atoms with van der Waals surface area (Å²) in [4.78, 5) is 43.0. The van der Waals surface area contributed by atoms with Crippen molar-refractivity contribution in [2.45, 2.75) is 11.3 Å². The highest BCUT2D eigenvalue weighted by atomic mass is 79.9. The number of methoxy groups -OCH3 is 1. The Labute approximate surface area is 245 Å². The minimum Gasteiger partial charge on any atom is -0.496 e. The summed E-state index contributed by atoms with van der Waals surface area (Å²) in [5, 5.41) is 4.47. The largest absolute Gasteiger partial charge is 0.496 e. The first kappa shape index (κ1) is 25.4. The highest BCUT2D eigenvalue weighted by molar-refractivity contribution is 9.10. The summed E-state index contributed by atoms with van der Waals surface area (Å²) in [6.45, 7) is 0. The molecule has 4 aromatic carbocycles. The fourth-order valence-electron chi connectivity index (χ4n) is 6.98. The van der Waals surface area contributed by atoms with Crippen LogP contribution < -0.4 is 15.1 Å². The summed E-state index contributed by atoms with van der Waals surface area (Å²) in [6.07, 6.45) is 1.65. The number of nitrogens with one attached hydrogen (secondary N) is 1. The predicted molar refractivity (Wildman–Crippen MR) is 158 cm³/mol. The third-order valence-corrected chi connectivity index (χ3v) is 9.08. The third-order valence-electron chi connectivity index (χ3n) is 8.55. The molecule has 3 aliphatic carbocycles. The van der Waals surface area contributed by atoms with Gasteiger partial charge in [-0.25, -0.2) is 10.3 Å². The molecular weight excluding hydrogens is 582 g/mol. The average Bonchev–Trinajstić information content (AvgIpc) is 3.28. The minimum atomic E-state index is -1.07. The molecule has 1 N–H and O–H groups in total. The van der Waals surface area contributed by atoms with E-state index in [-0.39, 0.29) is 17.7 Å². The van der Waals surface area contributed by atoms with Gasteiger partial charge in [0.2, 0.25) is 11.8 Å². The highest BCUT2D eigenvalue weighted by Gasteiger charge is 2.68. The number of hydrogen-bond acceptors (Lipinski definition) is 5. The first-order valence-electron chi connectivity index (χ1n) is 13.3. The predicted octanol–water partition coefficient (Wildman–Crippen LogP) is 5.42. The Morgan fingerprint density at radius 1 is 0.878 bits per heavy atom. The van der Waals surface area contributed by atoms with E-state index in [9.17, 15) is 14.4 Å². The minimum absolute atomic E-state index is 0.229. The molecule has 1 heterocycles. The molecule has 1 saturated heterocycles. The summed E-state index contributed by atoms with van der Waals surface area (Å²) >= 11 is 3.44. The molecule has 2 atom stereocenters. The van der Waals surface area contributed by atoms with Crippen LogP contribution in [0.25, 0.3) is 0 Å². The molecule has 3 amide bonds. The van der Waals surface area contributed by atoms with Gasteiger partial charge >= 0.3 is 0 Å². The quantitative estimate of drug-likeness (QED) is 0.187. The van der Waals surface area contributed by atoms with Crippen LogP contribution in [0, 0.1) is 11.8 Å². The van der Waals surface area contributed by atoms with Gasteiger partial charge in [-0.1, -0.05) is 76.6 Å². The number of benzene rings is 4. The number of hydrogen-bond donors (Lipinski definition) is 1. The van der Waals surface area contributed by atoms with Gasteiger partial charge in [0.1, 0.15) is 5.75 Å². The number of halogens is 1. The maximum atomic E-state index is 14.4. The van der Waals surface area contributed by atoms with Crippen LogP contribution in [0.3, 0.4) is 0 Å². The molecule has 0 spiro atoms. The van der Waals surface area contributed by atoms with E-state index >= 15 is 0 Å². The number of rotatable bonds is 5. The average molecular weight is 606 g/mol. The van der Waals surface area contributed by atoms with Crippen LogP contribution in [0.15, 0.2) is 107 Å². The van der Waals surface area contributed by atoms with Gasteiger partial charge in [-0.15, -0.1) is 0 Å². The molecule has 0 aromatic heterocycles. The first-order valence-corrected chi connectivity index (χ1v) is 14.1. The number of para-hydroxylation sites is 1. The number of amides is 3. The normalized spacial score (nSPS) is 23.8. The second-order valence-corrected chi connectivity index (χ2v) is 11.3. The first-order chi connectivity index (χ1) is 20.0. The molecule has 0 unspecified atom stereocenters. The van der Waals surface area contributed by atoms with Gasteiger partial charge in [0.05, 0.1) is 35.6 Å². The summed E-state index contributed by atoms with van der Waals surface area (Å²) in [5.41, 5.74) is 6.26. The van der Waals surface area contributed by atoms with Crippen LogP contribution >= 0.6 is 15.9 Å². The molecule has 7 nitrogen and oxygen atoms in total. The van der Waals surface area contributed by atoms with E-state index in [1.165, 1.54) is 12.0 Å². The van der Waals surface area contributed by atoms with E-state index in [4.69, 9.17) is 4.74 Å². The van der Waals surface area contributed by atoms with Gasteiger partial charge in [-0.3, -0.25) is 14.4 Å². The summed E-state index contributed by atoms with van der Waals surface area (Å²) in [6, 6.07) is 29.9. The Morgan fingerprint density at radius 3 is 2.15 bits per heavy atom. The van der Waals surface area contributed by atoms with Crippen LogP contribution in [0.2, 0.25) is 0 Å². The van der Waals surface area contributed by atoms with Crippen LogP contribution in [-0.2, 0) is 15.0 Å². The fourth-order valence-corrected chi connectivity index (χ4v) is 7.24. The monoisotopic (exact) mass is 605 g/mol. The Bertz CT molecular complexity index is 1720. The maximum absolute atomic E-state index is 14.4. The zero-order chi connectivity index (χ0) is 28.3. The Hall–Kier alpha value is -4.56. The molecule has 4 aliphatic rings. The number of ether oxygens (including phenoxy) is 1. The van der Waals surface area contributed by atoms with Crippen molar-refractivity contribution in [1.29, 1.82) is 0 Å². The van der Waals surface area contributed by atoms with E-state index in [0.717, 1.165) is 26.7 Å². The fraction of sp³-hybridized carbons (Fsp3) is 0.152. The van der Waals surface area contributed by atoms with Crippen LogP contribution in [-0.4, -0.2) is 31.0 Å². The third kappa shape index (κ3) is 3.56. The second kappa shape index (κ2) is 9.52. The molecule has 0 radical (unpaired) electrons. The van der Waals surface area contributed by atoms with Crippen molar-refractivity contribution in [3.8, 4) is 5.75 Å². The summed E-state index contributed by atoms with van der Waals surface area (Å²) in [7, 11) is 1.50. The molecule has 1 aliphatic heterocycles. The van der Waals surface area contributed by atoms with Gasteiger partial charge in [0, 0.05) is 16.6 Å². The van der Waals surface area contributed by atoms with Gasteiger partial charge in [0.25, 0.3) is 5.91 Å². The lowest BCUT2D eigenvalue weighted by Gasteiger charge is -2.52. The lowest BCUT2D eigenvalue weighted by molar-refractivity contribution is -0.122. The molecule has 4 aromatic rings. The van der Waals surface area contributed by atoms with Gasteiger partial charge in [0.15, 0.2) is 0 Å². The van der Waals surface area contributed by atoms with Crippen LogP contribution in [0.4, 0.5) is 5.69 Å².